The quantitative estimate of drug-likeness (QED) is 0.166. The lowest BCUT2D eigenvalue weighted by Crippen LogP contribution is -2.15. The van der Waals surface area contributed by atoms with Crippen molar-refractivity contribution in [3.8, 4) is 11.4 Å². The van der Waals surface area contributed by atoms with Crippen LogP contribution in [0.4, 0.5) is 0 Å². The summed E-state index contributed by atoms with van der Waals surface area (Å²) < 4.78 is 55.4. The highest BCUT2D eigenvalue weighted by molar-refractivity contribution is 7.91. The van der Waals surface area contributed by atoms with Gasteiger partial charge >= 0.3 is 0 Å². The van der Waals surface area contributed by atoms with Gasteiger partial charge in [-0.05, 0) is 49.9 Å². The van der Waals surface area contributed by atoms with Crippen LogP contribution in [0.5, 0.6) is 0 Å². The van der Waals surface area contributed by atoms with Gasteiger partial charge in [-0.1, -0.05) is 69.5 Å². The number of para-hydroxylation sites is 2. The predicted molar refractivity (Wildman–Crippen MR) is 158 cm³/mol. The predicted octanol–water partition coefficient (Wildman–Crippen LogP) is 4.95. The van der Waals surface area contributed by atoms with Gasteiger partial charge in [0.05, 0.1) is 11.5 Å². The Hall–Kier alpha value is -3.38. The van der Waals surface area contributed by atoms with E-state index in [9.17, 15) is 16.8 Å². The van der Waals surface area contributed by atoms with E-state index in [1.807, 2.05) is 74.5 Å². The lowest BCUT2D eigenvalue weighted by molar-refractivity contribution is 0.578. The molecule has 0 saturated carbocycles. The molecule has 0 aliphatic carbocycles. The third-order valence-corrected chi connectivity index (χ3v) is 10.1. The smallest absolute Gasteiger partial charge is 0.254 e. The monoisotopic (exact) mass is 598 g/mol. The first-order chi connectivity index (χ1) is 19.8. The van der Waals surface area contributed by atoms with Gasteiger partial charge in [-0.25, -0.2) is 16.8 Å². The van der Waals surface area contributed by atoms with E-state index in [2.05, 4.69) is 20.4 Å². The third-order valence-electron chi connectivity index (χ3n) is 6.82. The number of rotatable bonds is 16. The lowest BCUT2D eigenvalue weighted by Gasteiger charge is -2.11. The molecule has 0 saturated heterocycles. The van der Waals surface area contributed by atoms with E-state index in [0.717, 1.165) is 43.5 Å². The summed E-state index contributed by atoms with van der Waals surface area (Å²) in [4.78, 5) is 0. The molecule has 0 aliphatic heterocycles. The van der Waals surface area contributed by atoms with Crippen molar-refractivity contribution in [3.63, 3.8) is 0 Å². The molecule has 0 amide bonds. The molecule has 4 aromatic rings. The first-order valence-electron chi connectivity index (χ1n) is 14.2. The van der Waals surface area contributed by atoms with E-state index >= 15 is 0 Å². The van der Waals surface area contributed by atoms with E-state index in [1.54, 1.807) is 9.13 Å². The van der Waals surface area contributed by atoms with Gasteiger partial charge in [-0.15, -0.1) is 20.4 Å². The van der Waals surface area contributed by atoms with Crippen molar-refractivity contribution in [2.45, 2.75) is 81.9 Å². The van der Waals surface area contributed by atoms with Gasteiger partial charge in [0.2, 0.25) is 19.7 Å². The normalized spacial score (nSPS) is 12.1. The van der Waals surface area contributed by atoms with E-state index in [0.29, 0.717) is 37.3 Å². The van der Waals surface area contributed by atoms with Gasteiger partial charge in [0.25, 0.3) is 10.3 Å². The standard InChI is InChI=1S/C29H38N6O4S2/c1-3-5-22-40(36,37)28-32-30-26(34(28)24-16-10-7-11-17-24)20-14-9-15-21-27-31-33-29(41(38,39)23-6-4-2)35(27)25-18-12-8-13-19-25/h7-8,10-13,16-19H,3-6,9,14-15,20-23H2,1-2H3. The highest BCUT2D eigenvalue weighted by Gasteiger charge is 2.26. The molecule has 0 N–H and O–H groups in total. The fourth-order valence-corrected chi connectivity index (χ4v) is 7.61. The van der Waals surface area contributed by atoms with Crippen LogP contribution in [0, 0.1) is 0 Å². The fourth-order valence-electron chi connectivity index (χ4n) is 4.59. The number of hydrogen-bond donors (Lipinski definition) is 0. The molecule has 2 aromatic heterocycles. The number of aryl methyl sites for hydroxylation is 2. The Bertz CT molecular complexity index is 1490. The highest BCUT2D eigenvalue weighted by Crippen LogP contribution is 2.22. The summed E-state index contributed by atoms with van der Waals surface area (Å²) in [6.07, 6.45) is 6.08. The summed E-state index contributed by atoms with van der Waals surface area (Å²) in [5.41, 5.74) is 1.44. The summed E-state index contributed by atoms with van der Waals surface area (Å²) in [6, 6.07) is 18.6. The number of nitrogens with zero attached hydrogens (tertiary/aromatic N) is 6. The maximum absolute atomic E-state index is 13.0. The second-order valence-electron chi connectivity index (χ2n) is 10.0. The van der Waals surface area contributed by atoms with Crippen molar-refractivity contribution in [3.05, 3.63) is 72.3 Å². The van der Waals surface area contributed by atoms with Crippen LogP contribution in [0.25, 0.3) is 11.4 Å². The number of hydrogen-bond acceptors (Lipinski definition) is 8. The van der Waals surface area contributed by atoms with Crippen LogP contribution in [-0.2, 0) is 32.5 Å². The van der Waals surface area contributed by atoms with Crippen molar-refractivity contribution in [2.75, 3.05) is 11.5 Å². The average molecular weight is 599 g/mol. The van der Waals surface area contributed by atoms with Crippen LogP contribution in [0.15, 0.2) is 71.0 Å². The first-order valence-corrected chi connectivity index (χ1v) is 17.5. The maximum Gasteiger partial charge on any atom is 0.254 e. The Kier molecular flexibility index (Phi) is 10.4. The fraction of sp³-hybridized carbons (Fsp3) is 0.448. The number of benzene rings is 2. The van der Waals surface area contributed by atoms with E-state index in [-0.39, 0.29) is 21.8 Å². The van der Waals surface area contributed by atoms with Crippen LogP contribution < -0.4 is 0 Å². The molecular weight excluding hydrogens is 560 g/mol. The Balaban J connectivity index is 1.48. The highest BCUT2D eigenvalue weighted by atomic mass is 32.2. The zero-order chi connectivity index (χ0) is 29.3. The average Bonchev–Trinajstić information content (AvgIpc) is 3.61. The summed E-state index contributed by atoms with van der Waals surface area (Å²) in [5.74, 6) is 1.27. The Morgan fingerprint density at radius 2 is 0.927 bits per heavy atom. The van der Waals surface area contributed by atoms with Gasteiger partial charge in [0, 0.05) is 24.2 Å². The Morgan fingerprint density at radius 3 is 1.29 bits per heavy atom. The molecule has 0 spiro atoms. The molecule has 0 bridgehead atoms. The van der Waals surface area contributed by atoms with Crippen molar-refractivity contribution in [2.24, 2.45) is 0 Å². The van der Waals surface area contributed by atoms with E-state index in [4.69, 9.17) is 0 Å². The molecule has 0 aliphatic rings. The van der Waals surface area contributed by atoms with Crippen LogP contribution in [0.1, 0.15) is 70.4 Å². The van der Waals surface area contributed by atoms with E-state index in [1.165, 1.54) is 0 Å². The van der Waals surface area contributed by atoms with Gasteiger partial charge in [-0.3, -0.25) is 9.13 Å². The molecule has 0 atom stereocenters. The molecule has 4 rings (SSSR count). The van der Waals surface area contributed by atoms with Crippen molar-refractivity contribution < 1.29 is 16.8 Å². The number of aromatic nitrogens is 6. The molecule has 0 radical (unpaired) electrons. The molecule has 2 aromatic carbocycles. The summed E-state index contributed by atoms with van der Waals surface area (Å²) >= 11 is 0. The first kappa shape index (κ1) is 30.6. The Morgan fingerprint density at radius 1 is 0.537 bits per heavy atom. The molecular formula is C29H38N6O4S2. The van der Waals surface area contributed by atoms with Crippen LogP contribution in [-0.4, -0.2) is 57.9 Å². The maximum atomic E-state index is 13.0. The van der Waals surface area contributed by atoms with Crippen molar-refractivity contribution in [1.29, 1.82) is 0 Å². The second-order valence-corrected chi connectivity index (χ2v) is 14.1. The Labute approximate surface area is 242 Å². The number of sulfone groups is 2. The van der Waals surface area contributed by atoms with Crippen molar-refractivity contribution >= 4 is 19.7 Å². The summed E-state index contributed by atoms with van der Waals surface area (Å²) in [6.45, 7) is 3.91. The van der Waals surface area contributed by atoms with Gasteiger partial charge in [0.1, 0.15) is 11.6 Å². The largest absolute Gasteiger partial charge is 0.270 e. The second kappa shape index (κ2) is 14.0. The molecule has 41 heavy (non-hydrogen) atoms. The molecule has 2 heterocycles. The zero-order valence-corrected chi connectivity index (χ0v) is 25.3. The van der Waals surface area contributed by atoms with E-state index < -0.39 is 19.7 Å². The minimum absolute atomic E-state index is 0.0140. The molecule has 0 unspecified atom stereocenters. The third kappa shape index (κ3) is 7.48. The van der Waals surface area contributed by atoms with Crippen LogP contribution in [0.3, 0.4) is 0 Å². The van der Waals surface area contributed by atoms with Crippen LogP contribution in [0.2, 0.25) is 0 Å². The topological polar surface area (TPSA) is 130 Å². The summed E-state index contributed by atoms with van der Waals surface area (Å²) in [5, 5.41) is 16.7. The molecule has 0 fully saturated rings. The van der Waals surface area contributed by atoms with Gasteiger partial charge < -0.3 is 0 Å². The lowest BCUT2D eigenvalue weighted by atomic mass is 10.1. The zero-order valence-electron chi connectivity index (χ0n) is 23.7. The SMILES string of the molecule is CCCCS(=O)(=O)c1nnc(CCCCCc2nnc(S(=O)(=O)CCCC)n2-c2ccccc2)n1-c1ccccc1. The van der Waals surface area contributed by atoms with Gasteiger partial charge in [-0.2, -0.15) is 0 Å². The minimum Gasteiger partial charge on any atom is -0.270 e. The molecule has 10 nitrogen and oxygen atoms in total. The molecule has 220 valence electrons. The number of unbranched alkanes of at least 4 members (excludes halogenated alkanes) is 4. The minimum atomic E-state index is -3.58. The van der Waals surface area contributed by atoms with Gasteiger partial charge in [0.15, 0.2) is 0 Å². The summed E-state index contributed by atoms with van der Waals surface area (Å²) in [7, 11) is -7.15. The molecule has 12 heteroatoms. The van der Waals surface area contributed by atoms with Crippen LogP contribution >= 0.6 is 0 Å². The van der Waals surface area contributed by atoms with Crippen molar-refractivity contribution in [1.82, 2.24) is 29.5 Å².